The Kier molecular flexibility index (Phi) is 3.84. The Hall–Kier alpha value is -2.95. The van der Waals surface area contributed by atoms with E-state index in [1.54, 1.807) is 6.33 Å². The first kappa shape index (κ1) is 15.6. The van der Waals surface area contributed by atoms with Gasteiger partial charge in [-0.15, -0.1) is 0 Å². The van der Waals surface area contributed by atoms with Crippen LogP contribution < -0.4 is 5.32 Å². The van der Waals surface area contributed by atoms with Gasteiger partial charge in [0.2, 0.25) is 0 Å². The highest BCUT2D eigenvalue weighted by Crippen LogP contribution is 2.27. The summed E-state index contributed by atoms with van der Waals surface area (Å²) in [6.07, 6.45) is 1.62. The van der Waals surface area contributed by atoms with Crippen LogP contribution in [0.1, 0.15) is 31.3 Å². The Morgan fingerprint density at radius 3 is 2.76 bits per heavy atom. The number of para-hydroxylation sites is 3. The fraction of sp³-hybridized carbons (Fsp3) is 0.250. The number of nitrogens with one attached hydrogen (secondary N) is 1. The van der Waals surface area contributed by atoms with E-state index < -0.39 is 0 Å². The molecular weight excluding hydrogens is 310 g/mol. The van der Waals surface area contributed by atoms with Gasteiger partial charge in [-0.1, -0.05) is 24.3 Å². The molecular formula is C20H21N5. The average Bonchev–Trinajstić information content (AvgIpc) is 3.01. The van der Waals surface area contributed by atoms with Crippen LogP contribution in [-0.4, -0.2) is 19.5 Å². The lowest BCUT2D eigenvalue weighted by atomic mass is 10.1. The molecule has 1 unspecified atom stereocenters. The van der Waals surface area contributed by atoms with Crippen LogP contribution in [-0.2, 0) is 6.54 Å². The summed E-state index contributed by atoms with van der Waals surface area (Å²) in [6, 6.07) is 14.5. The third-order valence-electron chi connectivity index (χ3n) is 4.61. The van der Waals surface area contributed by atoms with Crippen LogP contribution in [0.25, 0.3) is 21.9 Å². The van der Waals surface area contributed by atoms with Crippen LogP contribution in [0, 0.1) is 6.92 Å². The molecule has 0 aliphatic heterocycles. The van der Waals surface area contributed by atoms with E-state index in [0.29, 0.717) is 0 Å². The molecule has 2 aromatic carbocycles. The number of hydrogen-bond donors (Lipinski definition) is 1. The lowest BCUT2D eigenvalue weighted by Crippen LogP contribution is -2.14. The largest absolute Gasteiger partial charge is 0.360 e. The summed E-state index contributed by atoms with van der Waals surface area (Å²) in [5, 5.41) is 4.57. The maximum Gasteiger partial charge on any atom is 0.137 e. The standard InChI is InChI=1S/C20H21N5/c1-4-25-17-11-6-5-10-16(17)24-20(25)14(3)23-19-15-9-7-8-13(2)18(15)21-12-22-19/h5-12,14H,4H2,1-3H3,(H,21,22,23). The second-order valence-corrected chi connectivity index (χ2v) is 6.26. The molecule has 1 N–H and O–H groups in total. The van der Waals surface area contributed by atoms with E-state index in [4.69, 9.17) is 4.98 Å². The van der Waals surface area contributed by atoms with Gasteiger partial charge in [0.15, 0.2) is 0 Å². The summed E-state index contributed by atoms with van der Waals surface area (Å²) in [4.78, 5) is 13.7. The van der Waals surface area contributed by atoms with Crippen LogP contribution in [0.5, 0.6) is 0 Å². The van der Waals surface area contributed by atoms with E-state index >= 15 is 0 Å². The number of hydrogen-bond acceptors (Lipinski definition) is 4. The van der Waals surface area contributed by atoms with Crippen LogP contribution in [0.4, 0.5) is 5.82 Å². The molecule has 0 spiro atoms. The number of aryl methyl sites for hydroxylation is 2. The van der Waals surface area contributed by atoms with Crippen molar-refractivity contribution in [3.8, 4) is 0 Å². The quantitative estimate of drug-likeness (QED) is 0.599. The zero-order chi connectivity index (χ0) is 17.4. The summed E-state index contributed by atoms with van der Waals surface area (Å²) in [6.45, 7) is 7.22. The van der Waals surface area contributed by atoms with E-state index in [-0.39, 0.29) is 6.04 Å². The molecule has 4 rings (SSSR count). The maximum absolute atomic E-state index is 4.83. The molecule has 5 nitrogen and oxygen atoms in total. The highest BCUT2D eigenvalue weighted by Gasteiger charge is 2.17. The molecule has 0 radical (unpaired) electrons. The van der Waals surface area contributed by atoms with Crippen molar-refractivity contribution in [2.75, 3.05) is 5.32 Å². The van der Waals surface area contributed by atoms with Crippen molar-refractivity contribution in [2.24, 2.45) is 0 Å². The highest BCUT2D eigenvalue weighted by atomic mass is 15.1. The third-order valence-corrected chi connectivity index (χ3v) is 4.61. The van der Waals surface area contributed by atoms with Crippen molar-refractivity contribution >= 4 is 27.8 Å². The van der Waals surface area contributed by atoms with E-state index in [9.17, 15) is 0 Å². The van der Waals surface area contributed by atoms with Gasteiger partial charge in [-0.2, -0.15) is 0 Å². The van der Waals surface area contributed by atoms with Gasteiger partial charge in [0.05, 0.1) is 22.6 Å². The zero-order valence-corrected chi connectivity index (χ0v) is 14.7. The first-order chi connectivity index (χ1) is 12.2. The van der Waals surface area contributed by atoms with Gasteiger partial charge in [0, 0.05) is 11.9 Å². The third kappa shape index (κ3) is 2.61. The van der Waals surface area contributed by atoms with Crippen molar-refractivity contribution in [2.45, 2.75) is 33.4 Å². The minimum absolute atomic E-state index is 0.0333. The van der Waals surface area contributed by atoms with E-state index in [1.165, 1.54) is 0 Å². The number of imidazole rings is 1. The molecule has 0 saturated carbocycles. The molecule has 4 aromatic rings. The smallest absolute Gasteiger partial charge is 0.137 e. The molecule has 0 bridgehead atoms. The Labute approximate surface area is 146 Å². The summed E-state index contributed by atoms with van der Waals surface area (Å²) in [5.74, 6) is 1.86. The molecule has 0 saturated heterocycles. The molecule has 2 aromatic heterocycles. The minimum atomic E-state index is 0.0333. The van der Waals surface area contributed by atoms with Crippen molar-refractivity contribution in [1.82, 2.24) is 19.5 Å². The maximum atomic E-state index is 4.83. The normalized spacial score (nSPS) is 12.6. The van der Waals surface area contributed by atoms with Crippen LogP contribution in [0.3, 0.4) is 0 Å². The predicted octanol–water partition coefficient (Wildman–Crippen LogP) is 4.48. The van der Waals surface area contributed by atoms with Crippen molar-refractivity contribution in [3.05, 3.63) is 60.2 Å². The average molecular weight is 331 g/mol. The molecule has 0 aliphatic carbocycles. The van der Waals surface area contributed by atoms with E-state index in [1.807, 2.05) is 12.1 Å². The molecule has 0 aliphatic rings. The molecule has 5 heteroatoms. The predicted molar refractivity (Wildman–Crippen MR) is 102 cm³/mol. The number of nitrogens with zero attached hydrogens (tertiary/aromatic N) is 4. The van der Waals surface area contributed by atoms with Crippen LogP contribution >= 0.6 is 0 Å². The topological polar surface area (TPSA) is 55.6 Å². The number of benzene rings is 2. The molecule has 0 fully saturated rings. The van der Waals surface area contributed by atoms with Gasteiger partial charge in [0.1, 0.15) is 18.0 Å². The second kappa shape index (κ2) is 6.16. The summed E-state index contributed by atoms with van der Waals surface area (Å²) >= 11 is 0. The molecule has 0 amide bonds. The lowest BCUT2D eigenvalue weighted by Gasteiger charge is -2.17. The summed E-state index contributed by atoms with van der Waals surface area (Å²) in [5.41, 5.74) is 4.32. The monoisotopic (exact) mass is 331 g/mol. The van der Waals surface area contributed by atoms with Crippen molar-refractivity contribution in [3.63, 3.8) is 0 Å². The first-order valence-electron chi connectivity index (χ1n) is 8.61. The van der Waals surface area contributed by atoms with Crippen molar-refractivity contribution in [1.29, 1.82) is 0 Å². The second-order valence-electron chi connectivity index (χ2n) is 6.26. The van der Waals surface area contributed by atoms with E-state index in [2.05, 4.69) is 71.0 Å². The highest BCUT2D eigenvalue weighted by molar-refractivity contribution is 5.91. The Balaban J connectivity index is 1.76. The molecule has 126 valence electrons. The number of anilines is 1. The van der Waals surface area contributed by atoms with Gasteiger partial charge >= 0.3 is 0 Å². The van der Waals surface area contributed by atoms with Gasteiger partial charge in [0.25, 0.3) is 0 Å². The van der Waals surface area contributed by atoms with Crippen LogP contribution in [0.15, 0.2) is 48.8 Å². The molecule has 2 heterocycles. The fourth-order valence-electron chi connectivity index (χ4n) is 3.38. The Morgan fingerprint density at radius 2 is 1.92 bits per heavy atom. The molecule has 25 heavy (non-hydrogen) atoms. The zero-order valence-electron chi connectivity index (χ0n) is 14.7. The SMILES string of the molecule is CCn1c(C(C)Nc2ncnc3c(C)cccc23)nc2ccccc21. The Bertz CT molecular complexity index is 1050. The summed E-state index contributed by atoms with van der Waals surface area (Å²) < 4.78 is 2.25. The van der Waals surface area contributed by atoms with Crippen molar-refractivity contribution < 1.29 is 0 Å². The number of aromatic nitrogens is 4. The van der Waals surface area contributed by atoms with Gasteiger partial charge in [-0.3, -0.25) is 0 Å². The lowest BCUT2D eigenvalue weighted by molar-refractivity contribution is 0.673. The number of fused-ring (bicyclic) bond motifs is 2. The van der Waals surface area contributed by atoms with Gasteiger partial charge < -0.3 is 9.88 Å². The Morgan fingerprint density at radius 1 is 1.08 bits per heavy atom. The van der Waals surface area contributed by atoms with Gasteiger partial charge in [-0.05, 0) is 44.5 Å². The van der Waals surface area contributed by atoms with Gasteiger partial charge in [-0.25, -0.2) is 15.0 Å². The first-order valence-corrected chi connectivity index (χ1v) is 8.61. The number of rotatable bonds is 4. The van der Waals surface area contributed by atoms with E-state index in [0.717, 1.165) is 45.7 Å². The van der Waals surface area contributed by atoms with Crippen LogP contribution in [0.2, 0.25) is 0 Å². The minimum Gasteiger partial charge on any atom is -0.360 e. The summed E-state index contributed by atoms with van der Waals surface area (Å²) in [7, 11) is 0. The molecule has 1 atom stereocenters. The fourth-order valence-corrected chi connectivity index (χ4v) is 3.38.